The van der Waals surface area contributed by atoms with Gasteiger partial charge in [-0.1, -0.05) is 5.16 Å². The average molecular weight is 195 g/mol. The van der Waals surface area contributed by atoms with Gasteiger partial charge in [-0.2, -0.15) is 0 Å². The molecule has 0 saturated carbocycles. The summed E-state index contributed by atoms with van der Waals surface area (Å²) in [5, 5.41) is 21.8. The van der Waals surface area contributed by atoms with Gasteiger partial charge in [0.1, 0.15) is 5.71 Å². The monoisotopic (exact) mass is 195 g/mol. The molecule has 0 radical (unpaired) electrons. The fraction of sp³-hybridized carbons (Fsp3) is 0.125. The minimum absolute atomic E-state index is 0.0111. The molecule has 0 atom stereocenters. The molecule has 1 aromatic carbocycles. The van der Waals surface area contributed by atoms with Crippen LogP contribution in [-0.2, 0) is 0 Å². The van der Waals surface area contributed by atoms with E-state index in [4.69, 9.17) is 10.9 Å². The Labute approximate surface area is 79.8 Å². The van der Waals surface area contributed by atoms with Crippen LogP contribution in [0.5, 0.6) is 0 Å². The van der Waals surface area contributed by atoms with E-state index >= 15 is 0 Å². The highest BCUT2D eigenvalue weighted by Gasteiger charge is 2.06. The fourth-order valence-corrected chi connectivity index (χ4v) is 0.992. The number of oxime groups is 1. The first-order chi connectivity index (χ1) is 6.69. The van der Waals surface area contributed by atoms with Crippen molar-refractivity contribution in [3.8, 4) is 0 Å². The summed E-state index contributed by atoms with van der Waals surface area (Å²) >= 11 is 0. The van der Waals surface area contributed by atoms with Crippen molar-refractivity contribution in [3.63, 3.8) is 0 Å². The average Bonchev–Trinajstić information content (AvgIpc) is 2.20. The van der Waals surface area contributed by atoms with Crippen LogP contribution in [0.3, 0.4) is 0 Å². The molecule has 1 rings (SSSR count). The van der Waals surface area contributed by atoms with Crippen LogP contribution in [0.4, 0.5) is 5.69 Å². The first-order valence-electron chi connectivity index (χ1n) is 3.85. The number of nitro benzene ring substituents is 1. The smallest absolute Gasteiger partial charge is 0.269 e. The number of rotatable bonds is 3. The molecule has 14 heavy (non-hydrogen) atoms. The van der Waals surface area contributed by atoms with Crippen molar-refractivity contribution in [1.29, 1.82) is 0 Å². The molecule has 0 fully saturated rings. The van der Waals surface area contributed by atoms with Crippen molar-refractivity contribution in [2.24, 2.45) is 10.9 Å². The normalized spacial score (nSPS) is 11.4. The lowest BCUT2D eigenvalue weighted by molar-refractivity contribution is -0.384. The third-order valence-electron chi connectivity index (χ3n) is 1.73. The van der Waals surface area contributed by atoms with Gasteiger partial charge in [0.25, 0.3) is 5.69 Å². The molecule has 6 heteroatoms. The van der Waals surface area contributed by atoms with Crippen LogP contribution in [0, 0.1) is 10.1 Å². The number of nitrogens with two attached hydrogens (primary N) is 1. The molecule has 0 saturated heterocycles. The highest BCUT2D eigenvalue weighted by atomic mass is 16.6. The van der Waals surface area contributed by atoms with Gasteiger partial charge in [0.05, 0.1) is 4.92 Å². The lowest BCUT2D eigenvalue weighted by atomic mass is 10.1. The SMILES string of the molecule is NCC(=NO)c1ccc([N+](=O)[O-])cc1. The van der Waals surface area contributed by atoms with Gasteiger partial charge in [0.15, 0.2) is 0 Å². The molecular weight excluding hydrogens is 186 g/mol. The summed E-state index contributed by atoms with van der Waals surface area (Å²) in [7, 11) is 0. The number of nitrogens with zero attached hydrogens (tertiary/aromatic N) is 2. The van der Waals surface area contributed by atoms with Gasteiger partial charge >= 0.3 is 0 Å². The Morgan fingerprint density at radius 2 is 2.07 bits per heavy atom. The van der Waals surface area contributed by atoms with E-state index in [0.29, 0.717) is 11.3 Å². The van der Waals surface area contributed by atoms with Crippen molar-refractivity contribution in [1.82, 2.24) is 0 Å². The van der Waals surface area contributed by atoms with Crippen LogP contribution in [0.1, 0.15) is 5.56 Å². The van der Waals surface area contributed by atoms with Crippen LogP contribution in [-0.4, -0.2) is 22.4 Å². The minimum atomic E-state index is -0.498. The first kappa shape index (κ1) is 10.1. The first-order valence-corrected chi connectivity index (χ1v) is 3.85. The second-order valence-electron chi connectivity index (χ2n) is 2.55. The van der Waals surface area contributed by atoms with Crippen LogP contribution < -0.4 is 5.73 Å². The summed E-state index contributed by atoms with van der Waals surface area (Å²) in [6.45, 7) is 0.0777. The van der Waals surface area contributed by atoms with E-state index in [2.05, 4.69) is 5.16 Å². The maximum Gasteiger partial charge on any atom is 0.269 e. The lowest BCUT2D eigenvalue weighted by Gasteiger charge is -1.99. The maximum absolute atomic E-state index is 10.3. The molecular formula is C8H9N3O3. The number of hydrogen-bond donors (Lipinski definition) is 2. The van der Waals surface area contributed by atoms with E-state index in [-0.39, 0.29) is 12.2 Å². The molecule has 0 aliphatic rings. The Bertz CT molecular complexity index is 359. The third kappa shape index (κ3) is 2.05. The Morgan fingerprint density at radius 3 is 2.43 bits per heavy atom. The zero-order valence-corrected chi connectivity index (χ0v) is 7.25. The number of benzene rings is 1. The van der Waals surface area contributed by atoms with Gasteiger partial charge in [-0.25, -0.2) is 0 Å². The molecule has 0 aliphatic carbocycles. The van der Waals surface area contributed by atoms with Gasteiger partial charge in [0, 0.05) is 24.2 Å². The van der Waals surface area contributed by atoms with E-state index in [1.54, 1.807) is 0 Å². The quantitative estimate of drug-likeness (QED) is 0.321. The van der Waals surface area contributed by atoms with Gasteiger partial charge in [-0.15, -0.1) is 0 Å². The zero-order valence-electron chi connectivity index (χ0n) is 7.25. The van der Waals surface area contributed by atoms with Crippen molar-refractivity contribution in [2.75, 3.05) is 6.54 Å². The standard InChI is InChI=1S/C8H9N3O3/c9-5-8(10-12)6-1-3-7(4-2-6)11(13)14/h1-4,12H,5,9H2. The van der Waals surface area contributed by atoms with Gasteiger partial charge in [0.2, 0.25) is 0 Å². The van der Waals surface area contributed by atoms with E-state index in [1.807, 2.05) is 0 Å². The molecule has 74 valence electrons. The molecule has 1 aromatic rings. The number of non-ortho nitro benzene ring substituents is 1. The molecule has 0 aliphatic heterocycles. The van der Waals surface area contributed by atoms with E-state index in [0.717, 1.165) is 0 Å². The fourth-order valence-electron chi connectivity index (χ4n) is 0.992. The number of nitro groups is 1. The maximum atomic E-state index is 10.3. The van der Waals surface area contributed by atoms with Gasteiger partial charge < -0.3 is 10.9 Å². The van der Waals surface area contributed by atoms with Gasteiger partial charge in [-0.3, -0.25) is 10.1 Å². The molecule has 0 spiro atoms. The van der Waals surface area contributed by atoms with E-state index in [9.17, 15) is 10.1 Å². The molecule has 0 heterocycles. The van der Waals surface area contributed by atoms with Crippen LogP contribution in [0.2, 0.25) is 0 Å². The minimum Gasteiger partial charge on any atom is -0.411 e. The summed E-state index contributed by atoms with van der Waals surface area (Å²) < 4.78 is 0. The van der Waals surface area contributed by atoms with Crippen molar-refractivity contribution in [2.45, 2.75) is 0 Å². The van der Waals surface area contributed by atoms with Crippen LogP contribution >= 0.6 is 0 Å². The topological polar surface area (TPSA) is 102 Å². The zero-order chi connectivity index (χ0) is 10.6. The molecule has 0 aromatic heterocycles. The Hall–Kier alpha value is -1.95. The van der Waals surface area contributed by atoms with Gasteiger partial charge in [-0.05, 0) is 12.1 Å². The molecule has 6 nitrogen and oxygen atoms in total. The Balaban J connectivity index is 2.99. The molecule has 3 N–H and O–H groups in total. The molecule has 0 unspecified atom stereocenters. The number of hydrogen-bond acceptors (Lipinski definition) is 5. The second-order valence-corrected chi connectivity index (χ2v) is 2.55. The summed E-state index contributed by atoms with van der Waals surface area (Å²) in [6, 6.07) is 5.63. The Kier molecular flexibility index (Phi) is 3.14. The van der Waals surface area contributed by atoms with E-state index in [1.165, 1.54) is 24.3 Å². The van der Waals surface area contributed by atoms with Crippen molar-refractivity contribution >= 4 is 11.4 Å². The van der Waals surface area contributed by atoms with Crippen LogP contribution in [0.25, 0.3) is 0 Å². The third-order valence-corrected chi connectivity index (χ3v) is 1.73. The highest BCUT2D eigenvalue weighted by Crippen LogP contribution is 2.12. The Morgan fingerprint density at radius 1 is 1.50 bits per heavy atom. The van der Waals surface area contributed by atoms with Crippen molar-refractivity contribution in [3.05, 3.63) is 39.9 Å². The molecule has 0 bridgehead atoms. The summed E-state index contributed by atoms with van der Waals surface area (Å²) in [5.74, 6) is 0. The predicted molar refractivity (Wildman–Crippen MR) is 50.5 cm³/mol. The predicted octanol–water partition coefficient (Wildman–Crippen LogP) is 0.732. The second kappa shape index (κ2) is 4.33. The highest BCUT2D eigenvalue weighted by molar-refractivity contribution is 6.01. The summed E-state index contributed by atoms with van der Waals surface area (Å²) in [5.41, 5.74) is 6.14. The molecule has 0 amide bonds. The summed E-state index contributed by atoms with van der Waals surface area (Å²) in [4.78, 5) is 9.82. The van der Waals surface area contributed by atoms with E-state index < -0.39 is 4.92 Å². The summed E-state index contributed by atoms with van der Waals surface area (Å²) in [6.07, 6.45) is 0. The lowest BCUT2D eigenvalue weighted by Crippen LogP contribution is -2.14. The van der Waals surface area contributed by atoms with Crippen molar-refractivity contribution < 1.29 is 10.1 Å². The van der Waals surface area contributed by atoms with Crippen LogP contribution in [0.15, 0.2) is 29.4 Å². The largest absolute Gasteiger partial charge is 0.411 e.